The molecule has 1 spiro atoms. The van der Waals surface area contributed by atoms with Crippen LogP contribution < -0.4 is 5.73 Å². The van der Waals surface area contributed by atoms with Crippen LogP contribution in [-0.2, 0) is 10.2 Å². The van der Waals surface area contributed by atoms with Crippen LogP contribution in [0.5, 0.6) is 0 Å². The average Bonchev–Trinajstić information content (AvgIpc) is 2.83. The largest absolute Gasteiger partial charge is 0.386 e. The van der Waals surface area contributed by atoms with E-state index in [1.54, 1.807) is 12.1 Å². The molecule has 7 heteroatoms. The van der Waals surface area contributed by atoms with Gasteiger partial charge in [-0.1, -0.05) is 42.4 Å². The molecule has 2 N–H and O–H groups in total. The molecule has 1 saturated carbocycles. The lowest BCUT2D eigenvalue weighted by Crippen LogP contribution is -2.38. The summed E-state index contributed by atoms with van der Waals surface area (Å²) in [5.41, 5.74) is 3.91. The van der Waals surface area contributed by atoms with E-state index in [0.717, 1.165) is 11.3 Å². The Labute approximate surface area is 143 Å². The number of halogens is 1. The standard InChI is InChI=1S/C16H13ClN4OS/c1-13(10-2-4-11(17)5-3-10)14(8-18)12(20)21-16(15(13,14)9-19)22-6-7-23-16/h2-5H,6-7H2,1H3,(H2,20,21)/t13-,14+,15-,16-/m1/s1. The summed E-state index contributed by atoms with van der Waals surface area (Å²) < 4.78 is 5.88. The number of hydrogen-bond acceptors (Lipinski definition) is 6. The number of rotatable bonds is 1. The fraction of sp³-hybridized carbons (Fsp3) is 0.438. The van der Waals surface area contributed by atoms with Crippen molar-refractivity contribution in [3.8, 4) is 12.1 Å². The number of nitrogens with two attached hydrogens (primary N) is 1. The van der Waals surface area contributed by atoms with Crippen LogP contribution in [0.1, 0.15) is 12.5 Å². The SMILES string of the molecule is C[C@@]1(c2ccc(Cl)cc2)[C@]2(C#N)C(N)=N[C@@]3(OCCS3)[C@@]21C#N. The Hall–Kier alpha value is -1.73. The van der Waals surface area contributed by atoms with Crippen molar-refractivity contribution in [1.29, 1.82) is 10.5 Å². The summed E-state index contributed by atoms with van der Waals surface area (Å²) >= 11 is 7.44. The topological polar surface area (TPSA) is 95.2 Å². The molecular weight excluding hydrogens is 332 g/mol. The van der Waals surface area contributed by atoms with E-state index in [0.29, 0.717) is 11.6 Å². The second-order valence-corrected chi connectivity index (χ2v) is 7.82. The minimum atomic E-state index is -1.18. The number of thioether (sulfide) groups is 1. The molecule has 1 aromatic carbocycles. The zero-order chi connectivity index (χ0) is 16.5. The van der Waals surface area contributed by atoms with Crippen LogP contribution in [-0.4, -0.2) is 23.3 Å². The highest BCUT2D eigenvalue weighted by molar-refractivity contribution is 8.00. The summed E-state index contributed by atoms with van der Waals surface area (Å²) in [4.78, 5) is 4.44. The number of aliphatic imine (C=N–C) groups is 1. The maximum Gasteiger partial charge on any atom is 0.231 e. The predicted molar refractivity (Wildman–Crippen MR) is 87.7 cm³/mol. The van der Waals surface area contributed by atoms with E-state index < -0.39 is 21.3 Å². The summed E-state index contributed by atoms with van der Waals surface area (Å²) in [6.45, 7) is 2.39. The monoisotopic (exact) mass is 344 g/mol. The van der Waals surface area contributed by atoms with Gasteiger partial charge in [0.25, 0.3) is 0 Å². The molecule has 0 amide bonds. The van der Waals surface area contributed by atoms with Gasteiger partial charge < -0.3 is 10.5 Å². The van der Waals surface area contributed by atoms with Crippen molar-refractivity contribution in [2.75, 3.05) is 12.4 Å². The Morgan fingerprint density at radius 1 is 1.30 bits per heavy atom. The molecular formula is C16H13ClN4OS. The third kappa shape index (κ3) is 1.23. The molecule has 0 unspecified atom stereocenters. The molecule has 0 radical (unpaired) electrons. The van der Waals surface area contributed by atoms with Crippen molar-refractivity contribution in [3.63, 3.8) is 0 Å². The first-order valence-corrected chi connectivity index (χ1v) is 8.54. The van der Waals surface area contributed by atoms with E-state index in [9.17, 15) is 10.5 Å². The zero-order valence-corrected chi connectivity index (χ0v) is 13.9. The molecule has 2 fully saturated rings. The average molecular weight is 345 g/mol. The van der Waals surface area contributed by atoms with Crippen molar-refractivity contribution in [1.82, 2.24) is 0 Å². The maximum absolute atomic E-state index is 10.1. The molecule has 5 nitrogen and oxygen atoms in total. The summed E-state index contributed by atoms with van der Waals surface area (Å²) in [5.74, 6) is 0.909. The maximum atomic E-state index is 10.1. The first-order chi connectivity index (χ1) is 11.0. The molecule has 4 atom stereocenters. The molecule has 23 heavy (non-hydrogen) atoms. The molecule has 2 aliphatic heterocycles. The predicted octanol–water partition coefficient (Wildman–Crippen LogP) is 2.42. The van der Waals surface area contributed by atoms with Crippen LogP contribution in [0, 0.1) is 33.5 Å². The van der Waals surface area contributed by atoms with Crippen molar-refractivity contribution in [2.24, 2.45) is 21.6 Å². The lowest BCUT2D eigenvalue weighted by Gasteiger charge is -2.30. The van der Waals surface area contributed by atoms with Gasteiger partial charge in [0.2, 0.25) is 5.06 Å². The Morgan fingerprint density at radius 2 is 2.00 bits per heavy atom. The highest BCUT2D eigenvalue weighted by Crippen LogP contribution is 2.87. The molecule has 0 bridgehead atoms. The van der Waals surface area contributed by atoms with Gasteiger partial charge in [0.1, 0.15) is 5.84 Å². The molecule has 0 aromatic heterocycles. The highest BCUT2D eigenvalue weighted by atomic mass is 35.5. The fourth-order valence-electron chi connectivity index (χ4n) is 4.46. The zero-order valence-electron chi connectivity index (χ0n) is 12.3. The van der Waals surface area contributed by atoms with Gasteiger partial charge in [-0.3, -0.25) is 0 Å². The second-order valence-electron chi connectivity index (χ2n) is 6.13. The van der Waals surface area contributed by atoms with Crippen LogP contribution in [0.15, 0.2) is 29.3 Å². The number of nitriles is 2. The number of amidine groups is 1. The molecule has 2 heterocycles. The van der Waals surface area contributed by atoms with Gasteiger partial charge in [-0.2, -0.15) is 10.5 Å². The molecule has 116 valence electrons. The van der Waals surface area contributed by atoms with Gasteiger partial charge >= 0.3 is 0 Å². The first-order valence-electron chi connectivity index (χ1n) is 7.18. The smallest absolute Gasteiger partial charge is 0.231 e. The van der Waals surface area contributed by atoms with E-state index in [2.05, 4.69) is 17.1 Å². The quantitative estimate of drug-likeness (QED) is 0.844. The molecule has 4 rings (SSSR count). The van der Waals surface area contributed by atoms with Gasteiger partial charge in [-0.15, -0.1) is 0 Å². The van der Waals surface area contributed by atoms with E-state index >= 15 is 0 Å². The normalized spacial score (nSPS) is 43.6. The van der Waals surface area contributed by atoms with Gasteiger partial charge in [0, 0.05) is 16.2 Å². The summed E-state index contributed by atoms with van der Waals surface area (Å²) in [6, 6.07) is 11.9. The van der Waals surface area contributed by atoms with E-state index in [-0.39, 0.29) is 5.84 Å². The summed E-state index contributed by atoms with van der Waals surface area (Å²) in [7, 11) is 0. The fourth-order valence-corrected chi connectivity index (χ4v) is 5.98. The Morgan fingerprint density at radius 3 is 2.52 bits per heavy atom. The Balaban J connectivity index is 2.00. The minimum Gasteiger partial charge on any atom is -0.386 e. The van der Waals surface area contributed by atoms with Gasteiger partial charge in [0.05, 0.1) is 18.7 Å². The number of benzene rings is 1. The molecule has 1 aliphatic carbocycles. The second kappa shape index (κ2) is 4.21. The van der Waals surface area contributed by atoms with Crippen LogP contribution >= 0.6 is 23.4 Å². The number of nitrogens with zero attached hydrogens (tertiary/aromatic N) is 3. The van der Waals surface area contributed by atoms with Crippen LogP contribution in [0.25, 0.3) is 0 Å². The highest BCUT2D eigenvalue weighted by Gasteiger charge is 2.99. The number of hydrogen-bond donors (Lipinski definition) is 1. The number of ether oxygens (including phenoxy) is 1. The lowest BCUT2D eigenvalue weighted by atomic mass is 9.85. The Kier molecular flexibility index (Phi) is 2.72. The van der Waals surface area contributed by atoms with Crippen molar-refractivity contribution >= 4 is 29.2 Å². The van der Waals surface area contributed by atoms with E-state index in [1.165, 1.54) is 11.8 Å². The van der Waals surface area contributed by atoms with Crippen molar-refractivity contribution < 1.29 is 4.74 Å². The summed E-state index contributed by atoms with van der Waals surface area (Å²) in [6.07, 6.45) is 0. The summed E-state index contributed by atoms with van der Waals surface area (Å²) in [5, 5.41) is 19.6. The lowest BCUT2D eigenvalue weighted by molar-refractivity contribution is 0.0151. The van der Waals surface area contributed by atoms with E-state index in [1.807, 2.05) is 19.1 Å². The molecule has 3 aliphatic rings. The van der Waals surface area contributed by atoms with Gasteiger partial charge in [0.15, 0.2) is 10.8 Å². The van der Waals surface area contributed by atoms with Crippen LogP contribution in [0.3, 0.4) is 0 Å². The van der Waals surface area contributed by atoms with Gasteiger partial charge in [-0.05, 0) is 17.7 Å². The van der Waals surface area contributed by atoms with Crippen molar-refractivity contribution in [3.05, 3.63) is 34.9 Å². The van der Waals surface area contributed by atoms with Gasteiger partial charge in [-0.25, -0.2) is 4.99 Å². The Bertz CT molecular complexity index is 820. The van der Waals surface area contributed by atoms with Crippen LogP contribution in [0.4, 0.5) is 0 Å². The third-order valence-electron chi connectivity index (χ3n) is 5.56. The third-order valence-corrected chi connectivity index (χ3v) is 7.09. The van der Waals surface area contributed by atoms with Crippen LogP contribution in [0.2, 0.25) is 5.02 Å². The number of fused-ring (bicyclic) bond motifs is 2. The molecule has 1 aromatic rings. The van der Waals surface area contributed by atoms with Crippen molar-refractivity contribution in [2.45, 2.75) is 17.4 Å². The minimum absolute atomic E-state index is 0.188. The first kappa shape index (κ1) is 14.8. The molecule has 1 saturated heterocycles. The van der Waals surface area contributed by atoms with E-state index in [4.69, 9.17) is 22.1 Å².